The molecule has 0 radical (unpaired) electrons. The van der Waals surface area contributed by atoms with Crippen LogP contribution in [0.15, 0.2) is 72.8 Å². The lowest BCUT2D eigenvalue weighted by atomic mass is 10.0. The number of rotatable bonds is 3. The number of benzene rings is 3. The normalized spacial score (nSPS) is 10.3. The molecule has 0 aromatic heterocycles. The summed E-state index contributed by atoms with van der Waals surface area (Å²) >= 11 is 0. The first-order valence-electron chi connectivity index (χ1n) is 7.40. The minimum Gasteiger partial charge on any atom is -0.508 e. The maximum atomic E-state index is 12.5. The summed E-state index contributed by atoms with van der Waals surface area (Å²) in [5, 5.41) is 12.4. The van der Waals surface area contributed by atoms with Gasteiger partial charge in [0, 0.05) is 16.8 Å². The van der Waals surface area contributed by atoms with E-state index in [2.05, 4.69) is 5.32 Å². The summed E-state index contributed by atoms with van der Waals surface area (Å²) in [6.07, 6.45) is 0. The highest BCUT2D eigenvalue weighted by molar-refractivity contribution is 6.06. The van der Waals surface area contributed by atoms with Gasteiger partial charge in [-0.2, -0.15) is 0 Å². The summed E-state index contributed by atoms with van der Waals surface area (Å²) in [7, 11) is 0. The summed E-state index contributed by atoms with van der Waals surface area (Å²) in [6.45, 7) is 1.96. The molecule has 3 aromatic rings. The number of hydrogen-bond acceptors (Lipinski definition) is 2. The van der Waals surface area contributed by atoms with E-state index in [9.17, 15) is 9.90 Å². The number of para-hydroxylation sites is 1. The van der Waals surface area contributed by atoms with Crippen LogP contribution in [0.4, 0.5) is 5.69 Å². The van der Waals surface area contributed by atoms with Gasteiger partial charge in [-0.05, 0) is 42.8 Å². The first kappa shape index (κ1) is 14.9. The minimum atomic E-state index is -0.139. The van der Waals surface area contributed by atoms with Gasteiger partial charge in [0.15, 0.2) is 0 Å². The van der Waals surface area contributed by atoms with Gasteiger partial charge in [-0.15, -0.1) is 0 Å². The van der Waals surface area contributed by atoms with Crippen molar-refractivity contribution in [2.75, 3.05) is 5.32 Å². The number of carbonyl (C=O) groups is 1. The molecule has 3 heteroatoms. The van der Waals surface area contributed by atoms with Crippen LogP contribution in [-0.2, 0) is 0 Å². The Hall–Kier alpha value is -3.07. The van der Waals surface area contributed by atoms with Crippen LogP contribution in [0.2, 0.25) is 0 Å². The molecule has 3 rings (SSSR count). The molecule has 0 aliphatic heterocycles. The molecule has 0 saturated heterocycles. The van der Waals surface area contributed by atoms with Crippen molar-refractivity contribution in [2.45, 2.75) is 6.92 Å². The van der Waals surface area contributed by atoms with Crippen LogP contribution >= 0.6 is 0 Å². The number of anilines is 1. The van der Waals surface area contributed by atoms with Gasteiger partial charge in [0.05, 0.1) is 0 Å². The molecule has 3 aromatic carbocycles. The largest absolute Gasteiger partial charge is 0.508 e. The van der Waals surface area contributed by atoms with E-state index in [0.29, 0.717) is 5.56 Å². The fourth-order valence-electron chi connectivity index (χ4n) is 2.47. The zero-order valence-electron chi connectivity index (χ0n) is 12.8. The number of nitrogens with one attached hydrogen (secondary N) is 1. The van der Waals surface area contributed by atoms with Crippen molar-refractivity contribution < 1.29 is 9.90 Å². The van der Waals surface area contributed by atoms with Gasteiger partial charge in [-0.3, -0.25) is 4.79 Å². The highest BCUT2D eigenvalue weighted by atomic mass is 16.3. The number of phenolic OH excluding ortho intramolecular Hbond substituents is 1. The molecule has 0 saturated carbocycles. The third-order valence-corrected chi connectivity index (χ3v) is 3.63. The Balaban J connectivity index is 1.92. The summed E-state index contributed by atoms with van der Waals surface area (Å²) < 4.78 is 0. The number of aryl methyl sites for hydroxylation is 1. The van der Waals surface area contributed by atoms with E-state index in [-0.39, 0.29) is 11.7 Å². The SMILES string of the molecule is Cc1cccc(C(=O)Nc2ccccc2-c2ccc(O)cc2)c1. The van der Waals surface area contributed by atoms with Gasteiger partial charge in [0.25, 0.3) is 5.91 Å². The number of aromatic hydroxyl groups is 1. The van der Waals surface area contributed by atoms with E-state index in [0.717, 1.165) is 22.4 Å². The standard InChI is InChI=1S/C20H17NO2/c1-14-5-4-6-16(13-14)20(23)21-19-8-3-2-7-18(19)15-9-11-17(22)12-10-15/h2-13,22H,1H3,(H,21,23). The molecule has 0 fully saturated rings. The zero-order valence-corrected chi connectivity index (χ0v) is 12.8. The van der Waals surface area contributed by atoms with Crippen molar-refractivity contribution in [2.24, 2.45) is 0 Å². The van der Waals surface area contributed by atoms with Crippen LogP contribution in [0.1, 0.15) is 15.9 Å². The van der Waals surface area contributed by atoms with E-state index >= 15 is 0 Å². The molecule has 1 amide bonds. The predicted octanol–water partition coefficient (Wildman–Crippen LogP) is 4.62. The van der Waals surface area contributed by atoms with E-state index in [1.807, 2.05) is 61.5 Å². The van der Waals surface area contributed by atoms with Crippen molar-refractivity contribution in [3.63, 3.8) is 0 Å². The minimum absolute atomic E-state index is 0.139. The van der Waals surface area contributed by atoms with Crippen molar-refractivity contribution in [1.82, 2.24) is 0 Å². The Kier molecular flexibility index (Phi) is 4.11. The second-order valence-electron chi connectivity index (χ2n) is 5.42. The molecule has 0 atom stereocenters. The number of carbonyl (C=O) groups excluding carboxylic acids is 1. The highest BCUT2D eigenvalue weighted by Crippen LogP contribution is 2.29. The van der Waals surface area contributed by atoms with Gasteiger partial charge in [0.1, 0.15) is 5.75 Å². The average Bonchev–Trinajstić information content (AvgIpc) is 2.56. The monoisotopic (exact) mass is 303 g/mol. The zero-order chi connectivity index (χ0) is 16.2. The third-order valence-electron chi connectivity index (χ3n) is 3.63. The molecular weight excluding hydrogens is 286 g/mol. The number of phenols is 1. The maximum absolute atomic E-state index is 12.5. The molecule has 0 spiro atoms. The molecule has 0 aliphatic rings. The summed E-state index contributed by atoms with van der Waals surface area (Å²) in [6, 6.07) is 22.0. The van der Waals surface area contributed by atoms with Gasteiger partial charge in [0.2, 0.25) is 0 Å². The lowest BCUT2D eigenvalue weighted by Crippen LogP contribution is -2.12. The summed E-state index contributed by atoms with van der Waals surface area (Å²) in [5.74, 6) is 0.0787. The van der Waals surface area contributed by atoms with Crippen LogP contribution in [-0.4, -0.2) is 11.0 Å². The van der Waals surface area contributed by atoms with Crippen LogP contribution in [0, 0.1) is 6.92 Å². The van der Waals surface area contributed by atoms with Gasteiger partial charge in [-0.1, -0.05) is 48.0 Å². The number of amides is 1. The Morgan fingerprint density at radius 1 is 0.913 bits per heavy atom. The Morgan fingerprint density at radius 2 is 1.65 bits per heavy atom. The van der Waals surface area contributed by atoms with E-state index in [4.69, 9.17) is 0 Å². The van der Waals surface area contributed by atoms with Crippen LogP contribution in [0.25, 0.3) is 11.1 Å². The molecule has 114 valence electrons. The van der Waals surface area contributed by atoms with Crippen molar-refractivity contribution in [1.29, 1.82) is 0 Å². The fourth-order valence-corrected chi connectivity index (χ4v) is 2.47. The Bertz CT molecular complexity index is 838. The third kappa shape index (κ3) is 3.40. The molecular formula is C20H17NO2. The molecule has 23 heavy (non-hydrogen) atoms. The quantitative estimate of drug-likeness (QED) is 0.741. The van der Waals surface area contributed by atoms with E-state index < -0.39 is 0 Å². The molecule has 0 bridgehead atoms. The van der Waals surface area contributed by atoms with Crippen LogP contribution in [0.3, 0.4) is 0 Å². The predicted molar refractivity (Wildman–Crippen MR) is 92.7 cm³/mol. The van der Waals surface area contributed by atoms with Crippen LogP contribution < -0.4 is 5.32 Å². The van der Waals surface area contributed by atoms with Gasteiger partial charge >= 0.3 is 0 Å². The Morgan fingerprint density at radius 3 is 2.39 bits per heavy atom. The van der Waals surface area contributed by atoms with Crippen molar-refractivity contribution in [3.05, 3.63) is 83.9 Å². The van der Waals surface area contributed by atoms with E-state index in [1.165, 1.54) is 0 Å². The number of hydrogen-bond donors (Lipinski definition) is 2. The smallest absolute Gasteiger partial charge is 0.255 e. The molecule has 2 N–H and O–H groups in total. The topological polar surface area (TPSA) is 49.3 Å². The van der Waals surface area contributed by atoms with Crippen molar-refractivity contribution in [3.8, 4) is 16.9 Å². The summed E-state index contributed by atoms with van der Waals surface area (Å²) in [4.78, 5) is 12.5. The second kappa shape index (κ2) is 6.36. The Labute approximate surface area is 135 Å². The fraction of sp³-hybridized carbons (Fsp3) is 0.0500. The molecule has 0 unspecified atom stereocenters. The second-order valence-corrected chi connectivity index (χ2v) is 5.42. The summed E-state index contributed by atoms with van der Waals surface area (Å²) in [5.41, 5.74) is 4.26. The first-order valence-corrected chi connectivity index (χ1v) is 7.40. The highest BCUT2D eigenvalue weighted by Gasteiger charge is 2.10. The molecule has 3 nitrogen and oxygen atoms in total. The van der Waals surface area contributed by atoms with Gasteiger partial charge in [-0.25, -0.2) is 0 Å². The van der Waals surface area contributed by atoms with Crippen molar-refractivity contribution >= 4 is 11.6 Å². The first-order chi connectivity index (χ1) is 11.1. The lowest BCUT2D eigenvalue weighted by Gasteiger charge is -2.12. The van der Waals surface area contributed by atoms with Crippen LogP contribution in [0.5, 0.6) is 5.75 Å². The van der Waals surface area contributed by atoms with E-state index in [1.54, 1.807) is 18.2 Å². The molecule has 0 heterocycles. The molecule has 0 aliphatic carbocycles. The average molecular weight is 303 g/mol. The lowest BCUT2D eigenvalue weighted by molar-refractivity contribution is 0.102. The maximum Gasteiger partial charge on any atom is 0.255 e. The van der Waals surface area contributed by atoms with Gasteiger partial charge < -0.3 is 10.4 Å².